The van der Waals surface area contributed by atoms with Gasteiger partial charge in [-0.3, -0.25) is 0 Å². The molecule has 3 heteroatoms. The Morgan fingerprint density at radius 1 is 1.37 bits per heavy atom. The topological polar surface area (TPSA) is 30.5 Å². The third-order valence-corrected chi connectivity index (χ3v) is 4.03. The van der Waals surface area contributed by atoms with Crippen molar-refractivity contribution in [2.75, 3.05) is 19.8 Å². The first kappa shape index (κ1) is 12.9. The molecule has 1 aromatic rings. The van der Waals surface area contributed by atoms with Crippen LogP contribution in [0.2, 0.25) is 0 Å². The first-order chi connectivity index (χ1) is 9.40. The van der Waals surface area contributed by atoms with Crippen molar-refractivity contribution >= 4 is 0 Å². The molecule has 1 saturated heterocycles. The van der Waals surface area contributed by atoms with Gasteiger partial charge in [-0.15, -0.1) is 0 Å². The van der Waals surface area contributed by atoms with Gasteiger partial charge in [0.05, 0.1) is 18.8 Å². The van der Waals surface area contributed by atoms with Crippen LogP contribution in [-0.4, -0.2) is 25.9 Å². The van der Waals surface area contributed by atoms with Crippen LogP contribution in [0.4, 0.5) is 0 Å². The molecular formula is C16H23NO2. The first-order valence-electron chi connectivity index (χ1n) is 7.49. The standard InChI is InChI=1S/C16H23NO2/c1-2-9-17-15(14-7-4-10-18-14)13-6-3-5-12-8-11-19-16(12)13/h3,5-6,14-15,17H,2,4,7-11H2,1H3. The summed E-state index contributed by atoms with van der Waals surface area (Å²) in [4.78, 5) is 0. The Labute approximate surface area is 115 Å². The van der Waals surface area contributed by atoms with E-state index >= 15 is 0 Å². The molecule has 2 aliphatic rings. The molecule has 2 heterocycles. The monoisotopic (exact) mass is 261 g/mol. The molecule has 104 valence electrons. The summed E-state index contributed by atoms with van der Waals surface area (Å²) >= 11 is 0. The minimum atomic E-state index is 0.274. The highest BCUT2D eigenvalue weighted by atomic mass is 16.5. The second-order valence-corrected chi connectivity index (χ2v) is 5.42. The minimum Gasteiger partial charge on any atom is -0.493 e. The molecule has 1 N–H and O–H groups in total. The van der Waals surface area contributed by atoms with Crippen molar-refractivity contribution in [1.82, 2.24) is 5.32 Å². The van der Waals surface area contributed by atoms with Crippen LogP contribution in [0.1, 0.15) is 43.4 Å². The summed E-state index contributed by atoms with van der Waals surface area (Å²) in [7, 11) is 0. The highest BCUT2D eigenvalue weighted by Gasteiger charge is 2.30. The first-order valence-corrected chi connectivity index (χ1v) is 7.49. The Morgan fingerprint density at radius 2 is 2.32 bits per heavy atom. The molecule has 3 rings (SSSR count). The van der Waals surface area contributed by atoms with Gasteiger partial charge in [-0.05, 0) is 31.4 Å². The zero-order valence-corrected chi connectivity index (χ0v) is 11.7. The van der Waals surface area contributed by atoms with Crippen molar-refractivity contribution in [3.8, 4) is 5.75 Å². The summed E-state index contributed by atoms with van der Waals surface area (Å²) < 4.78 is 11.8. The van der Waals surface area contributed by atoms with Crippen molar-refractivity contribution in [3.63, 3.8) is 0 Å². The molecule has 0 spiro atoms. The zero-order valence-electron chi connectivity index (χ0n) is 11.7. The molecule has 0 aromatic heterocycles. The third kappa shape index (κ3) is 2.63. The van der Waals surface area contributed by atoms with Crippen LogP contribution in [0.25, 0.3) is 0 Å². The lowest BCUT2D eigenvalue weighted by atomic mass is 9.96. The van der Waals surface area contributed by atoms with Crippen LogP contribution >= 0.6 is 0 Å². The second-order valence-electron chi connectivity index (χ2n) is 5.42. The lowest BCUT2D eigenvalue weighted by molar-refractivity contribution is 0.0774. The van der Waals surface area contributed by atoms with E-state index in [2.05, 4.69) is 30.4 Å². The number of fused-ring (bicyclic) bond motifs is 1. The fourth-order valence-electron chi connectivity index (χ4n) is 3.09. The molecule has 2 atom stereocenters. The molecular weight excluding hydrogens is 238 g/mol. The molecule has 2 aliphatic heterocycles. The predicted octanol–water partition coefficient (Wildman–Crippen LogP) is 2.84. The highest BCUT2D eigenvalue weighted by Crippen LogP contribution is 2.37. The maximum absolute atomic E-state index is 5.91. The molecule has 3 nitrogen and oxygen atoms in total. The Morgan fingerprint density at radius 3 is 3.11 bits per heavy atom. The average Bonchev–Trinajstić information content (AvgIpc) is 3.10. The number of hydrogen-bond donors (Lipinski definition) is 1. The maximum atomic E-state index is 5.91. The van der Waals surface area contributed by atoms with E-state index < -0.39 is 0 Å². The summed E-state index contributed by atoms with van der Waals surface area (Å²) in [6, 6.07) is 6.80. The van der Waals surface area contributed by atoms with Gasteiger partial charge in [0.2, 0.25) is 0 Å². The van der Waals surface area contributed by atoms with Crippen molar-refractivity contribution in [1.29, 1.82) is 0 Å². The van der Waals surface area contributed by atoms with Crippen LogP contribution < -0.4 is 10.1 Å². The average molecular weight is 261 g/mol. The lowest BCUT2D eigenvalue weighted by Gasteiger charge is -2.26. The van der Waals surface area contributed by atoms with Gasteiger partial charge in [-0.25, -0.2) is 0 Å². The number of rotatable bonds is 5. The number of nitrogens with one attached hydrogen (secondary N) is 1. The summed E-state index contributed by atoms with van der Waals surface area (Å²) in [6.07, 6.45) is 4.78. The Kier molecular flexibility index (Phi) is 4.04. The van der Waals surface area contributed by atoms with Gasteiger partial charge in [-0.1, -0.05) is 25.1 Å². The van der Waals surface area contributed by atoms with Crippen molar-refractivity contribution in [2.45, 2.75) is 44.8 Å². The van der Waals surface area contributed by atoms with E-state index in [1.165, 1.54) is 17.5 Å². The fourth-order valence-corrected chi connectivity index (χ4v) is 3.09. The van der Waals surface area contributed by atoms with Gasteiger partial charge < -0.3 is 14.8 Å². The molecule has 1 aromatic carbocycles. The summed E-state index contributed by atoms with van der Waals surface area (Å²) in [5.41, 5.74) is 2.63. The maximum Gasteiger partial charge on any atom is 0.127 e. The number of hydrogen-bond acceptors (Lipinski definition) is 3. The Hall–Kier alpha value is -1.06. The summed E-state index contributed by atoms with van der Waals surface area (Å²) in [6.45, 7) is 4.93. The molecule has 0 bridgehead atoms. The largest absolute Gasteiger partial charge is 0.493 e. The van der Waals surface area contributed by atoms with Crippen molar-refractivity contribution < 1.29 is 9.47 Å². The summed E-state index contributed by atoms with van der Waals surface area (Å²) in [5.74, 6) is 1.10. The smallest absolute Gasteiger partial charge is 0.127 e. The second kappa shape index (κ2) is 5.93. The Bertz CT molecular complexity index is 427. The quantitative estimate of drug-likeness (QED) is 0.884. The van der Waals surface area contributed by atoms with Gasteiger partial charge in [-0.2, -0.15) is 0 Å². The molecule has 2 unspecified atom stereocenters. The molecule has 0 aliphatic carbocycles. The Balaban J connectivity index is 1.88. The van der Waals surface area contributed by atoms with E-state index in [1.807, 2.05) is 0 Å². The van der Waals surface area contributed by atoms with Crippen molar-refractivity contribution in [3.05, 3.63) is 29.3 Å². The van der Waals surface area contributed by atoms with Gasteiger partial charge >= 0.3 is 0 Å². The zero-order chi connectivity index (χ0) is 13.1. The molecule has 1 fully saturated rings. The fraction of sp³-hybridized carbons (Fsp3) is 0.625. The normalized spacial score (nSPS) is 23.1. The molecule has 0 amide bonds. The SMILES string of the molecule is CCCNC(c1cccc2c1OCC2)C1CCCO1. The third-order valence-electron chi connectivity index (χ3n) is 4.03. The van der Waals surface area contributed by atoms with Crippen LogP contribution in [0.15, 0.2) is 18.2 Å². The van der Waals surface area contributed by atoms with E-state index in [0.717, 1.165) is 44.8 Å². The predicted molar refractivity (Wildman–Crippen MR) is 75.6 cm³/mol. The van der Waals surface area contributed by atoms with Gasteiger partial charge in [0.25, 0.3) is 0 Å². The van der Waals surface area contributed by atoms with Crippen LogP contribution in [0.3, 0.4) is 0 Å². The van der Waals surface area contributed by atoms with Gasteiger partial charge in [0, 0.05) is 18.6 Å². The molecule has 0 saturated carbocycles. The van der Waals surface area contributed by atoms with Crippen LogP contribution in [0.5, 0.6) is 5.75 Å². The number of benzene rings is 1. The molecule has 19 heavy (non-hydrogen) atoms. The summed E-state index contributed by atoms with van der Waals surface area (Å²) in [5, 5.41) is 3.65. The number of para-hydroxylation sites is 1. The van der Waals surface area contributed by atoms with E-state index in [0.29, 0.717) is 6.10 Å². The van der Waals surface area contributed by atoms with Gasteiger partial charge in [0.15, 0.2) is 0 Å². The van der Waals surface area contributed by atoms with E-state index in [1.54, 1.807) is 0 Å². The molecule has 0 radical (unpaired) electrons. The van der Waals surface area contributed by atoms with Crippen LogP contribution in [0, 0.1) is 0 Å². The van der Waals surface area contributed by atoms with E-state index in [-0.39, 0.29) is 6.04 Å². The van der Waals surface area contributed by atoms with Gasteiger partial charge in [0.1, 0.15) is 5.75 Å². The van der Waals surface area contributed by atoms with E-state index in [9.17, 15) is 0 Å². The van der Waals surface area contributed by atoms with Crippen molar-refractivity contribution in [2.24, 2.45) is 0 Å². The highest BCUT2D eigenvalue weighted by molar-refractivity contribution is 5.46. The minimum absolute atomic E-state index is 0.274. The van der Waals surface area contributed by atoms with E-state index in [4.69, 9.17) is 9.47 Å². The number of ether oxygens (including phenoxy) is 2. The lowest BCUT2D eigenvalue weighted by Crippen LogP contribution is -2.32. The van der Waals surface area contributed by atoms with Crippen LogP contribution in [-0.2, 0) is 11.2 Å².